The van der Waals surface area contributed by atoms with Gasteiger partial charge in [0.05, 0.1) is 24.2 Å². The summed E-state index contributed by atoms with van der Waals surface area (Å²) in [7, 11) is 0. The van der Waals surface area contributed by atoms with Crippen LogP contribution in [0.15, 0.2) is 0 Å². The minimum Gasteiger partial charge on any atom is -0.481 e. The molecule has 32 heavy (non-hydrogen) atoms. The van der Waals surface area contributed by atoms with Crippen LogP contribution < -0.4 is 0 Å². The van der Waals surface area contributed by atoms with Crippen molar-refractivity contribution in [1.82, 2.24) is 0 Å². The lowest BCUT2D eigenvalue weighted by Gasteiger charge is -2.63. The summed E-state index contributed by atoms with van der Waals surface area (Å²) >= 11 is 0. The Kier molecular flexibility index (Phi) is 6.77. The molecule has 5 nitrogen and oxygen atoms in total. The van der Waals surface area contributed by atoms with Crippen molar-refractivity contribution in [3.63, 3.8) is 0 Å². The van der Waals surface area contributed by atoms with Gasteiger partial charge in [-0.3, -0.25) is 4.79 Å². The largest absolute Gasteiger partial charge is 0.481 e. The summed E-state index contributed by atoms with van der Waals surface area (Å²) < 4.78 is 0. The number of rotatable bonds is 6. The van der Waals surface area contributed by atoms with Gasteiger partial charge in [-0.05, 0) is 97.7 Å². The van der Waals surface area contributed by atoms with E-state index in [1.807, 2.05) is 0 Å². The van der Waals surface area contributed by atoms with Crippen LogP contribution >= 0.6 is 0 Å². The highest BCUT2D eigenvalue weighted by atomic mass is 16.4. The maximum atomic E-state index is 11.6. The zero-order chi connectivity index (χ0) is 23.4. The van der Waals surface area contributed by atoms with Gasteiger partial charge < -0.3 is 20.4 Å². The second-order valence-corrected chi connectivity index (χ2v) is 12.7. The Bertz CT molecular complexity index is 696. The van der Waals surface area contributed by atoms with Crippen molar-refractivity contribution in [2.45, 2.75) is 110 Å². The van der Waals surface area contributed by atoms with Gasteiger partial charge in [0.2, 0.25) is 0 Å². The molecule has 5 heteroatoms. The van der Waals surface area contributed by atoms with E-state index in [9.17, 15) is 25.2 Å². The maximum Gasteiger partial charge on any atom is 0.306 e. The molecule has 0 saturated heterocycles. The number of carboxylic acids is 1. The van der Waals surface area contributed by atoms with Gasteiger partial charge in [0.1, 0.15) is 0 Å². The zero-order valence-corrected chi connectivity index (χ0v) is 20.5. The van der Waals surface area contributed by atoms with Crippen LogP contribution in [0.2, 0.25) is 0 Å². The Morgan fingerprint density at radius 2 is 1.69 bits per heavy atom. The molecule has 0 amide bonds. The lowest BCUT2D eigenvalue weighted by Crippen LogP contribution is -2.62. The van der Waals surface area contributed by atoms with E-state index in [2.05, 4.69) is 20.8 Å². The number of aliphatic hydroxyl groups is 3. The Labute approximate surface area is 194 Å². The molecule has 0 spiro atoms. The van der Waals surface area contributed by atoms with Gasteiger partial charge in [-0.2, -0.15) is 0 Å². The van der Waals surface area contributed by atoms with Crippen LogP contribution in [0.1, 0.15) is 91.9 Å². The molecule has 6 unspecified atom stereocenters. The molecule has 0 radical (unpaired) electrons. The molecule has 4 rings (SSSR count). The fourth-order valence-corrected chi connectivity index (χ4v) is 9.20. The average Bonchev–Trinajstić information content (AvgIpc) is 3.08. The molecule has 4 saturated carbocycles. The lowest BCUT2D eigenvalue weighted by molar-refractivity contribution is -0.207. The van der Waals surface area contributed by atoms with Gasteiger partial charge >= 0.3 is 5.97 Å². The molecule has 4 fully saturated rings. The molecule has 0 heterocycles. The van der Waals surface area contributed by atoms with E-state index in [0.29, 0.717) is 36.0 Å². The fourth-order valence-electron chi connectivity index (χ4n) is 9.20. The van der Waals surface area contributed by atoms with Gasteiger partial charge in [0.15, 0.2) is 0 Å². The molecule has 4 aliphatic carbocycles. The summed E-state index contributed by atoms with van der Waals surface area (Å²) in [4.78, 5) is 11.2. The van der Waals surface area contributed by atoms with E-state index in [0.717, 1.165) is 57.8 Å². The number of hydrogen-bond acceptors (Lipinski definition) is 4. The van der Waals surface area contributed by atoms with Crippen LogP contribution in [0.25, 0.3) is 0 Å². The van der Waals surface area contributed by atoms with E-state index in [-0.39, 0.29) is 41.0 Å². The fraction of sp³-hybridized carbons (Fsp3) is 0.963. The van der Waals surface area contributed by atoms with Gasteiger partial charge in [0.25, 0.3) is 0 Å². The molecule has 12 atom stereocenters. The minimum atomic E-state index is -0.715. The summed E-state index contributed by atoms with van der Waals surface area (Å²) in [6.07, 6.45) is 8.11. The molecule has 4 aliphatic rings. The normalized spacial score (nSPS) is 50.1. The predicted octanol–water partition coefficient (Wildman–Crippen LogP) is 4.47. The first-order valence-electron chi connectivity index (χ1n) is 13.3. The van der Waals surface area contributed by atoms with Crippen LogP contribution in [0.5, 0.6) is 0 Å². The summed E-state index contributed by atoms with van der Waals surface area (Å²) in [6.45, 7) is 8.74. The van der Waals surface area contributed by atoms with E-state index in [1.165, 1.54) is 0 Å². The van der Waals surface area contributed by atoms with E-state index in [1.54, 1.807) is 6.92 Å². The van der Waals surface area contributed by atoms with Crippen molar-refractivity contribution in [3.8, 4) is 0 Å². The Morgan fingerprint density at radius 3 is 2.38 bits per heavy atom. The second-order valence-electron chi connectivity index (χ2n) is 12.7. The van der Waals surface area contributed by atoms with Crippen molar-refractivity contribution in [2.75, 3.05) is 0 Å². The predicted molar refractivity (Wildman–Crippen MR) is 124 cm³/mol. The van der Waals surface area contributed by atoms with Crippen molar-refractivity contribution >= 4 is 5.97 Å². The summed E-state index contributed by atoms with van der Waals surface area (Å²) in [5.74, 6) is 1.16. The first kappa shape index (κ1) is 24.5. The highest BCUT2D eigenvalue weighted by molar-refractivity contribution is 5.69. The van der Waals surface area contributed by atoms with Gasteiger partial charge in [-0.1, -0.05) is 40.5 Å². The van der Waals surface area contributed by atoms with Crippen molar-refractivity contribution in [2.24, 2.45) is 52.3 Å². The third-order valence-corrected chi connectivity index (χ3v) is 11.2. The zero-order valence-electron chi connectivity index (χ0n) is 20.5. The lowest BCUT2D eigenvalue weighted by atomic mass is 9.43. The quantitative estimate of drug-likeness (QED) is 0.478. The minimum absolute atomic E-state index is 0.113. The molecule has 0 aliphatic heterocycles. The number of carboxylic acid groups (broad SMARTS) is 1. The molecule has 184 valence electrons. The third kappa shape index (κ3) is 3.84. The topological polar surface area (TPSA) is 98.0 Å². The molecular weight excluding hydrogens is 404 g/mol. The highest BCUT2D eigenvalue weighted by Crippen LogP contribution is 2.68. The standard InChI is InChI=1S/C27H46O5/c1-15(6-5-7-16(2)25(31)32)19-8-9-20-24-21(14-23(30)27(19,20)4)26(3)11-10-18(28)12-17(26)13-22(24)29/h15-24,28-30H,5-14H2,1-4H3,(H,31,32)/t15-,16?,17+,18-,19?,20?,21?,22?,23+,24?,26+,27-/m1/s1. The van der Waals surface area contributed by atoms with Crippen LogP contribution in [0, 0.1) is 52.3 Å². The molecule has 4 N–H and O–H groups in total. The van der Waals surface area contributed by atoms with Gasteiger partial charge in [0, 0.05) is 0 Å². The molecule has 0 aromatic rings. The molecular formula is C27H46O5. The van der Waals surface area contributed by atoms with E-state index < -0.39 is 5.97 Å². The van der Waals surface area contributed by atoms with Crippen LogP contribution in [-0.4, -0.2) is 44.7 Å². The first-order chi connectivity index (χ1) is 15.0. The average molecular weight is 451 g/mol. The number of carbonyl (C=O) groups is 1. The Morgan fingerprint density at radius 1 is 0.969 bits per heavy atom. The summed E-state index contributed by atoms with van der Waals surface area (Å²) in [5, 5.41) is 42.4. The van der Waals surface area contributed by atoms with Crippen LogP contribution in [-0.2, 0) is 4.79 Å². The van der Waals surface area contributed by atoms with Crippen LogP contribution in [0.4, 0.5) is 0 Å². The highest BCUT2D eigenvalue weighted by Gasteiger charge is 2.65. The smallest absolute Gasteiger partial charge is 0.306 e. The number of fused-ring (bicyclic) bond motifs is 5. The van der Waals surface area contributed by atoms with E-state index in [4.69, 9.17) is 0 Å². The Hall–Kier alpha value is -0.650. The van der Waals surface area contributed by atoms with Crippen molar-refractivity contribution in [3.05, 3.63) is 0 Å². The van der Waals surface area contributed by atoms with Gasteiger partial charge in [-0.15, -0.1) is 0 Å². The van der Waals surface area contributed by atoms with Crippen molar-refractivity contribution < 1.29 is 25.2 Å². The van der Waals surface area contributed by atoms with E-state index >= 15 is 0 Å². The molecule has 0 bridgehead atoms. The monoisotopic (exact) mass is 450 g/mol. The summed E-state index contributed by atoms with van der Waals surface area (Å²) in [6, 6.07) is 0. The summed E-state index contributed by atoms with van der Waals surface area (Å²) in [5.41, 5.74) is -0.0561. The number of hydrogen-bond donors (Lipinski definition) is 4. The Balaban J connectivity index is 1.51. The maximum absolute atomic E-state index is 11.6. The third-order valence-electron chi connectivity index (χ3n) is 11.2. The first-order valence-corrected chi connectivity index (χ1v) is 13.3. The van der Waals surface area contributed by atoms with Crippen LogP contribution in [0.3, 0.4) is 0 Å². The molecule has 0 aromatic carbocycles. The second kappa shape index (κ2) is 8.85. The molecule has 0 aromatic heterocycles. The SMILES string of the molecule is CC(CCC[C@@H](C)C1CCC2C3C(O)C[C@@H]4C[C@H](O)CC[C@]4(C)C3C[C@H](O)[C@@]21C)C(=O)O. The number of aliphatic hydroxyl groups excluding tert-OH is 3. The van der Waals surface area contributed by atoms with Gasteiger partial charge in [-0.25, -0.2) is 0 Å². The van der Waals surface area contributed by atoms with Crippen molar-refractivity contribution in [1.29, 1.82) is 0 Å². The number of aliphatic carboxylic acids is 1.